The molecule has 0 fully saturated rings. The number of carboxylic acid groups (broad SMARTS) is 2. The Kier molecular flexibility index (Phi) is 34.8. The van der Waals surface area contributed by atoms with Crippen LogP contribution in [0.2, 0.25) is 0 Å². The van der Waals surface area contributed by atoms with Crippen LogP contribution in [0.3, 0.4) is 0 Å². The van der Waals surface area contributed by atoms with Crippen LogP contribution in [0.4, 0.5) is 0 Å². The van der Waals surface area contributed by atoms with E-state index >= 15 is 0 Å². The molecule has 7 heteroatoms. The van der Waals surface area contributed by atoms with E-state index in [0.29, 0.717) is 6.54 Å². The van der Waals surface area contributed by atoms with E-state index in [9.17, 15) is 19.8 Å². The summed E-state index contributed by atoms with van der Waals surface area (Å²) in [5, 5.41) is 21.2. The number of nitrogens with zero attached hydrogens (tertiary/aromatic N) is 1. The Morgan fingerprint density at radius 2 is 0.828 bits per heavy atom. The minimum Gasteiger partial charge on any atom is -0.549 e. The third-order valence-electron chi connectivity index (χ3n) is 5.03. The first-order chi connectivity index (χ1) is 13.1. The first-order valence-electron chi connectivity index (χ1n) is 11.2. The topological polar surface area (TPSA) is 83.5 Å². The predicted octanol–water partition coefficient (Wildman–Crippen LogP) is -2.94. The summed E-state index contributed by atoms with van der Waals surface area (Å²) in [4.78, 5) is 22.6. The van der Waals surface area contributed by atoms with E-state index in [1.54, 1.807) is 0 Å². The van der Waals surface area contributed by atoms with E-state index < -0.39 is 11.9 Å². The van der Waals surface area contributed by atoms with Gasteiger partial charge < -0.3 is 19.8 Å². The first-order valence-corrected chi connectivity index (χ1v) is 11.2. The van der Waals surface area contributed by atoms with Gasteiger partial charge in [-0.3, -0.25) is 4.90 Å². The van der Waals surface area contributed by atoms with Crippen molar-refractivity contribution in [1.82, 2.24) is 4.90 Å². The van der Waals surface area contributed by atoms with E-state index in [-0.39, 0.29) is 116 Å². The monoisotopic (exact) mass is 461 g/mol. The maximum atomic E-state index is 10.6. The zero-order valence-electron chi connectivity index (χ0n) is 19.5. The van der Waals surface area contributed by atoms with E-state index in [4.69, 9.17) is 0 Å². The molecule has 0 unspecified atom stereocenters. The van der Waals surface area contributed by atoms with Crippen molar-refractivity contribution in [1.29, 1.82) is 0 Å². The fraction of sp³-hybridized carbons (Fsp3) is 0.909. The normalized spacial score (nSPS) is 10.4. The third-order valence-corrected chi connectivity index (χ3v) is 5.03. The van der Waals surface area contributed by atoms with Crippen molar-refractivity contribution in [3.05, 3.63) is 0 Å². The molecular formula is C22H41K2NO4. The number of hydrogen-bond acceptors (Lipinski definition) is 5. The van der Waals surface area contributed by atoms with Crippen molar-refractivity contribution in [2.24, 2.45) is 0 Å². The summed E-state index contributed by atoms with van der Waals surface area (Å²) in [7, 11) is 0. The van der Waals surface area contributed by atoms with Crippen LogP contribution < -0.4 is 113 Å². The number of unbranched alkanes of at least 4 members (excludes halogenated alkanes) is 15. The molecule has 29 heavy (non-hydrogen) atoms. The van der Waals surface area contributed by atoms with Crippen LogP contribution >= 0.6 is 0 Å². The van der Waals surface area contributed by atoms with E-state index in [2.05, 4.69) is 6.92 Å². The summed E-state index contributed by atoms with van der Waals surface area (Å²) < 4.78 is 0. The van der Waals surface area contributed by atoms with Gasteiger partial charge in [0.05, 0.1) is 11.9 Å². The summed E-state index contributed by atoms with van der Waals surface area (Å²) in [5.74, 6) is -2.49. The molecule has 0 aromatic heterocycles. The summed E-state index contributed by atoms with van der Waals surface area (Å²) in [5.41, 5.74) is 0. The Bertz CT molecular complexity index is 355. The van der Waals surface area contributed by atoms with Gasteiger partial charge in [0, 0.05) is 13.1 Å². The Morgan fingerprint density at radius 3 is 1.10 bits per heavy atom. The van der Waals surface area contributed by atoms with Crippen molar-refractivity contribution in [3.63, 3.8) is 0 Å². The van der Waals surface area contributed by atoms with Crippen LogP contribution in [0.5, 0.6) is 0 Å². The smallest absolute Gasteiger partial charge is 0.549 e. The molecule has 5 nitrogen and oxygen atoms in total. The Balaban J connectivity index is -0.00000338. The molecule has 0 bridgehead atoms. The number of carbonyl (C=O) groups is 2. The summed E-state index contributed by atoms with van der Waals surface area (Å²) in [6.45, 7) is 2.05. The molecule has 160 valence electrons. The second kappa shape index (κ2) is 28.2. The number of carboxylic acids is 2. The molecule has 0 rings (SSSR count). The summed E-state index contributed by atoms with van der Waals surface area (Å²) in [6.07, 6.45) is 20.5. The molecule has 0 aliphatic carbocycles. The number of hydrogen-bond donors (Lipinski definition) is 0. The maximum Gasteiger partial charge on any atom is 1.00 e. The SMILES string of the molecule is CCCCCCCCCCCCCCCCCCN(CC(=O)[O-])CC(=O)[O-].[K+].[K+]. The van der Waals surface area contributed by atoms with Gasteiger partial charge in [-0.25, -0.2) is 0 Å². The van der Waals surface area contributed by atoms with Crippen molar-refractivity contribution in [3.8, 4) is 0 Å². The average Bonchev–Trinajstić information content (AvgIpc) is 2.60. The molecule has 0 saturated carbocycles. The largest absolute Gasteiger partial charge is 1.00 e. The van der Waals surface area contributed by atoms with Gasteiger partial charge in [-0.1, -0.05) is 103 Å². The average molecular weight is 462 g/mol. The Labute approximate surface area is 264 Å². The van der Waals surface area contributed by atoms with Crippen LogP contribution in [0.1, 0.15) is 110 Å². The van der Waals surface area contributed by atoms with Crippen LogP contribution in [-0.2, 0) is 9.59 Å². The minimum absolute atomic E-state index is 0. The quantitative estimate of drug-likeness (QED) is 0.135. The van der Waals surface area contributed by atoms with Crippen LogP contribution in [0.15, 0.2) is 0 Å². The molecule has 0 saturated heterocycles. The number of carbonyl (C=O) groups excluding carboxylic acids is 2. The van der Waals surface area contributed by atoms with Crippen LogP contribution in [-0.4, -0.2) is 36.5 Å². The molecule has 0 amide bonds. The Morgan fingerprint density at radius 1 is 0.552 bits per heavy atom. The molecule has 0 aromatic carbocycles. The maximum absolute atomic E-state index is 10.6. The van der Waals surface area contributed by atoms with Gasteiger partial charge in [0.15, 0.2) is 0 Å². The molecular weight excluding hydrogens is 420 g/mol. The van der Waals surface area contributed by atoms with Crippen LogP contribution in [0.25, 0.3) is 0 Å². The Hall–Kier alpha value is 2.17. The summed E-state index contributed by atoms with van der Waals surface area (Å²) >= 11 is 0. The standard InChI is InChI=1S/C22H43NO4.2K/c1-2-3-4-5-6-7-8-9-10-11-12-13-14-15-16-17-18-23(19-21(24)25)20-22(26)27;;/h2-20H2,1H3,(H,24,25)(H,26,27);;/q;2*+1/p-2. The summed E-state index contributed by atoms with van der Waals surface area (Å²) in [6, 6.07) is 0. The fourth-order valence-corrected chi connectivity index (χ4v) is 3.46. The number of rotatable bonds is 21. The zero-order valence-corrected chi connectivity index (χ0v) is 25.8. The van der Waals surface area contributed by atoms with Crippen molar-refractivity contribution in [2.75, 3.05) is 19.6 Å². The van der Waals surface area contributed by atoms with Crippen molar-refractivity contribution in [2.45, 2.75) is 110 Å². The molecule has 0 spiro atoms. The van der Waals surface area contributed by atoms with Gasteiger partial charge >= 0.3 is 103 Å². The van der Waals surface area contributed by atoms with Crippen molar-refractivity contribution >= 4 is 11.9 Å². The van der Waals surface area contributed by atoms with Gasteiger partial charge in [-0.2, -0.15) is 0 Å². The van der Waals surface area contributed by atoms with E-state index in [1.807, 2.05) is 0 Å². The van der Waals surface area contributed by atoms with E-state index in [1.165, 1.54) is 88.4 Å². The second-order valence-electron chi connectivity index (χ2n) is 7.76. The molecule has 0 heterocycles. The third kappa shape index (κ3) is 30.2. The minimum atomic E-state index is -1.24. The molecule has 0 N–H and O–H groups in total. The van der Waals surface area contributed by atoms with Gasteiger partial charge in [0.2, 0.25) is 0 Å². The van der Waals surface area contributed by atoms with Gasteiger partial charge in [0.25, 0.3) is 0 Å². The van der Waals surface area contributed by atoms with Crippen molar-refractivity contribution < 1.29 is 123 Å². The van der Waals surface area contributed by atoms with Gasteiger partial charge in [-0.15, -0.1) is 0 Å². The van der Waals surface area contributed by atoms with Gasteiger partial charge in [0.1, 0.15) is 0 Å². The molecule has 0 aliphatic heterocycles. The van der Waals surface area contributed by atoms with E-state index in [0.717, 1.165) is 19.3 Å². The van der Waals surface area contributed by atoms with Gasteiger partial charge in [-0.05, 0) is 13.0 Å². The fourth-order valence-electron chi connectivity index (χ4n) is 3.46. The number of aliphatic carboxylic acids is 2. The zero-order chi connectivity index (χ0) is 20.2. The predicted molar refractivity (Wildman–Crippen MR) is 106 cm³/mol. The molecule has 0 aliphatic rings. The molecule has 0 atom stereocenters. The van der Waals surface area contributed by atoms with Crippen LogP contribution in [0, 0.1) is 0 Å². The second-order valence-corrected chi connectivity index (χ2v) is 7.76. The molecule has 0 aromatic rings. The molecule has 0 radical (unpaired) electrons. The first kappa shape index (κ1) is 35.8.